The number of ketones is 3. The van der Waals surface area contributed by atoms with E-state index in [1.807, 2.05) is 35.2 Å². The Kier molecular flexibility index (Phi) is 4.09. The minimum Gasteiger partial charge on any atom is -0.352 e. The molecule has 33 heavy (non-hydrogen) atoms. The first-order valence-corrected chi connectivity index (χ1v) is 11.0. The molecule has 3 atom stereocenters. The lowest BCUT2D eigenvalue weighted by atomic mass is 9.64. The molecule has 6 rings (SSSR count). The Morgan fingerprint density at radius 3 is 2.18 bits per heavy atom. The van der Waals surface area contributed by atoms with Crippen LogP contribution in [-0.4, -0.2) is 29.4 Å². The van der Waals surface area contributed by atoms with Crippen LogP contribution in [0.25, 0.3) is 6.08 Å². The van der Waals surface area contributed by atoms with Crippen LogP contribution in [0.4, 0.5) is 10.1 Å². The van der Waals surface area contributed by atoms with Gasteiger partial charge in [-0.2, -0.15) is 0 Å². The van der Waals surface area contributed by atoms with E-state index in [2.05, 4.69) is 0 Å². The second-order valence-corrected chi connectivity index (χ2v) is 8.93. The highest BCUT2D eigenvalue weighted by molar-refractivity contribution is 6.32. The molecule has 162 valence electrons. The fourth-order valence-electron chi connectivity index (χ4n) is 6.13. The third-order valence-corrected chi connectivity index (χ3v) is 7.34. The van der Waals surface area contributed by atoms with Crippen molar-refractivity contribution in [1.29, 1.82) is 0 Å². The SMILES string of the molecule is CC(=O)[C@@H]1[C@H](c2ccccc2)C2(C(=O)c3ccccc3C2=O)[C@@H]2C=Cc3cc(F)ccc3N12. The highest BCUT2D eigenvalue weighted by atomic mass is 19.1. The standard InChI is InChI=1S/C28H20FNO3/c1-16(31)25-24(17-7-3-2-4-8-17)28(26(32)20-9-5-6-10-21(20)27(28)33)23-14-11-18-15-19(29)12-13-22(18)30(23)25/h2-15,23-25H,1H3/t23-,24-,25+/m0/s1. The second-order valence-electron chi connectivity index (χ2n) is 8.93. The van der Waals surface area contributed by atoms with Gasteiger partial charge < -0.3 is 4.90 Å². The van der Waals surface area contributed by atoms with E-state index in [9.17, 15) is 18.8 Å². The predicted molar refractivity (Wildman–Crippen MR) is 123 cm³/mol. The molecule has 0 saturated carbocycles. The lowest BCUT2D eigenvalue weighted by molar-refractivity contribution is -0.118. The number of halogens is 1. The Bertz CT molecular complexity index is 1340. The third kappa shape index (κ3) is 2.42. The number of fused-ring (bicyclic) bond motifs is 5. The minimum absolute atomic E-state index is 0.146. The fraction of sp³-hybridized carbons (Fsp3) is 0.179. The minimum atomic E-state index is -1.48. The quantitative estimate of drug-likeness (QED) is 0.538. The largest absolute Gasteiger partial charge is 0.352 e. The van der Waals surface area contributed by atoms with Gasteiger partial charge in [-0.1, -0.05) is 66.7 Å². The summed E-state index contributed by atoms with van der Waals surface area (Å²) in [6.07, 6.45) is 3.55. The van der Waals surface area contributed by atoms with Crippen molar-refractivity contribution in [3.8, 4) is 0 Å². The molecule has 0 bridgehead atoms. The summed E-state index contributed by atoms with van der Waals surface area (Å²) >= 11 is 0. The second kappa shape index (κ2) is 6.82. The smallest absolute Gasteiger partial charge is 0.180 e. The van der Waals surface area contributed by atoms with Gasteiger partial charge in [0.05, 0.1) is 12.1 Å². The van der Waals surface area contributed by atoms with Gasteiger partial charge in [0.2, 0.25) is 0 Å². The van der Waals surface area contributed by atoms with E-state index in [0.29, 0.717) is 22.4 Å². The number of hydrogen-bond donors (Lipinski definition) is 0. The monoisotopic (exact) mass is 437 g/mol. The molecule has 5 heteroatoms. The van der Waals surface area contributed by atoms with Crippen LogP contribution in [0.2, 0.25) is 0 Å². The lowest BCUT2D eigenvalue weighted by Crippen LogP contribution is -2.48. The van der Waals surface area contributed by atoms with E-state index in [1.54, 1.807) is 42.5 Å². The van der Waals surface area contributed by atoms with Crippen molar-refractivity contribution < 1.29 is 18.8 Å². The van der Waals surface area contributed by atoms with Crippen molar-refractivity contribution >= 4 is 29.1 Å². The van der Waals surface area contributed by atoms with E-state index in [-0.39, 0.29) is 23.2 Å². The number of Topliss-reactive ketones (excluding diaryl/α,β-unsaturated/α-hetero) is 3. The van der Waals surface area contributed by atoms with E-state index < -0.39 is 23.4 Å². The molecule has 0 aromatic heterocycles. The molecule has 1 aliphatic carbocycles. The van der Waals surface area contributed by atoms with E-state index >= 15 is 0 Å². The summed E-state index contributed by atoms with van der Waals surface area (Å²) in [6.45, 7) is 1.50. The molecular weight excluding hydrogens is 417 g/mol. The Hall–Kier alpha value is -3.86. The Morgan fingerprint density at radius 1 is 0.909 bits per heavy atom. The third-order valence-electron chi connectivity index (χ3n) is 7.34. The van der Waals surface area contributed by atoms with Crippen LogP contribution in [0.1, 0.15) is 44.7 Å². The number of hydrogen-bond acceptors (Lipinski definition) is 4. The number of carbonyl (C=O) groups excluding carboxylic acids is 3. The molecule has 3 aromatic carbocycles. The summed E-state index contributed by atoms with van der Waals surface area (Å²) in [4.78, 5) is 43.4. The number of carbonyl (C=O) groups is 3. The van der Waals surface area contributed by atoms with Gasteiger partial charge in [0.25, 0.3) is 0 Å². The van der Waals surface area contributed by atoms with Gasteiger partial charge in [-0.15, -0.1) is 0 Å². The van der Waals surface area contributed by atoms with Gasteiger partial charge in [-0.3, -0.25) is 14.4 Å². The molecule has 3 aromatic rings. The normalized spacial score (nSPS) is 24.1. The maximum atomic E-state index is 14.2. The van der Waals surface area contributed by atoms with Crippen LogP contribution in [0, 0.1) is 11.2 Å². The van der Waals surface area contributed by atoms with Gasteiger partial charge in [-0.25, -0.2) is 4.39 Å². The van der Waals surface area contributed by atoms with Crippen molar-refractivity contribution in [2.45, 2.75) is 24.9 Å². The van der Waals surface area contributed by atoms with Crippen molar-refractivity contribution in [3.05, 3.63) is 107 Å². The molecule has 2 aliphatic heterocycles. The van der Waals surface area contributed by atoms with E-state index in [4.69, 9.17) is 0 Å². The summed E-state index contributed by atoms with van der Waals surface area (Å²) in [6, 6.07) is 19.2. The van der Waals surface area contributed by atoms with Gasteiger partial charge in [0.1, 0.15) is 11.2 Å². The molecule has 4 nitrogen and oxygen atoms in total. The number of rotatable bonds is 2. The van der Waals surface area contributed by atoms with Gasteiger partial charge in [0, 0.05) is 28.3 Å². The molecule has 1 fully saturated rings. The van der Waals surface area contributed by atoms with E-state index in [1.165, 1.54) is 19.1 Å². The summed E-state index contributed by atoms with van der Waals surface area (Å²) in [5, 5.41) is 0. The van der Waals surface area contributed by atoms with Crippen LogP contribution in [-0.2, 0) is 4.79 Å². The van der Waals surface area contributed by atoms with Crippen molar-refractivity contribution in [2.24, 2.45) is 5.41 Å². The molecule has 1 saturated heterocycles. The maximum Gasteiger partial charge on any atom is 0.180 e. The molecule has 0 unspecified atom stereocenters. The molecule has 2 heterocycles. The first-order chi connectivity index (χ1) is 16.0. The Balaban J connectivity index is 1.68. The molecule has 1 spiro atoms. The topological polar surface area (TPSA) is 54.5 Å². The van der Waals surface area contributed by atoms with Crippen molar-refractivity contribution in [1.82, 2.24) is 0 Å². The summed E-state index contributed by atoms with van der Waals surface area (Å²) < 4.78 is 14.0. The van der Waals surface area contributed by atoms with Gasteiger partial charge >= 0.3 is 0 Å². The predicted octanol–water partition coefficient (Wildman–Crippen LogP) is 4.85. The first-order valence-electron chi connectivity index (χ1n) is 11.0. The maximum absolute atomic E-state index is 14.2. The fourth-order valence-corrected chi connectivity index (χ4v) is 6.13. The first kappa shape index (κ1) is 19.8. The molecule has 0 radical (unpaired) electrons. The van der Waals surface area contributed by atoms with Gasteiger partial charge in [0.15, 0.2) is 17.3 Å². The van der Waals surface area contributed by atoms with Crippen LogP contribution in [0.5, 0.6) is 0 Å². The van der Waals surface area contributed by atoms with Crippen LogP contribution >= 0.6 is 0 Å². The summed E-state index contributed by atoms with van der Waals surface area (Å²) in [5.74, 6) is -1.73. The zero-order chi connectivity index (χ0) is 22.9. The van der Waals surface area contributed by atoms with Gasteiger partial charge in [-0.05, 0) is 30.7 Å². The summed E-state index contributed by atoms with van der Waals surface area (Å²) in [7, 11) is 0. The zero-order valence-electron chi connectivity index (χ0n) is 17.9. The van der Waals surface area contributed by atoms with E-state index in [0.717, 1.165) is 5.56 Å². The van der Waals surface area contributed by atoms with Crippen molar-refractivity contribution in [2.75, 3.05) is 4.90 Å². The average Bonchev–Trinajstić information content (AvgIpc) is 3.26. The Morgan fingerprint density at radius 2 is 1.55 bits per heavy atom. The van der Waals surface area contributed by atoms with Crippen LogP contribution < -0.4 is 4.90 Å². The summed E-state index contributed by atoms with van der Waals surface area (Å²) in [5.41, 5.74) is 1.34. The lowest BCUT2D eigenvalue weighted by Gasteiger charge is -2.37. The van der Waals surface area contributed by atoms with Crippen LogP contribution in [0.3, 0.4) is 0 Å². The molecule has 0 N–H and O–H groups in total. The molecule has 3 aliphatic rings. The number of benzene rings is 3. The number of anilines is 1. The Labute approximate surface area is 190 Å². The molecular formula is C28H20FNO3. The van der Waals surface area contributed by atoms with Crippen molar-refractivity contribution in [3.63, 3.8) is 0 Å². The number of nitrogens with zero attached hydrogens (tertiary/aromatic N) is 1. The van der Waals surface area contributed by atoms with Crippen LogP contribution in [0.15, 0.2) is 78.9 Å². The zero-order valence-corrected chi connectivity index (χ0v) is 17.9. The average molecular weight is 437 g/mol. The highest BCUT2D eigenvalue weighted by Crippen LogP contribution is 2.60. The highest BCUT2D eigenvalue weighted by Gasteiger charge is 2.71. The molecule has 0 amide bonds.